The third-order valence-corrected chi connectivity index (χ3v) is 6.85. The predicted molar refractivity (Wildman–Crippen MR) is 122 cm³/mol. The van der Waals surface area contributed by atoms with Gasteiger partial charge in [-0.25, -0.2) is 4.39 Å². The molecule has 0 aromatic heterocycles. The number of hydrogen-bond acceptors (Lipinski definition) is 4. The maximum Gasteiger partial charge on any atom is 0.238 e. The molecular formula is C23H24Cl2FN3O3. The number of halogens is 3. The maximum absolute atomic E-state index is 15.1. The quantitative estimate of drug-likeness (QED) is 0.476. The van der Waals surface area contributed by atoms with Crippen molar-refractivity contribution in [3.8, 4) is 0 Å². The molecule has 0 bridgehead atoms. The first-order chi connectivity index (χ1) is 15.2. The molecule has 3 atom stereocenters. The summed E-state index contributed by atoms with van der Waals surface area (Å²) in [5.41, 5.74) is 0.782. The lowest BCUT2D eigenvalue weighted by Gasteiger charge is -2.41. The van der Waals surface area contributed by atoms with Crippen molar-refractivity contribution in [3.63, 3.8) is 0 Å². The summed E-state index contributed by atoms with van der Waals surface area (Å²) in [6, 6.07) is 8.99. The Hall–Kier alpha value is -2.19. The van der Waals surface area contributed by atoms with Gasteiger partial charge in [0, 0.05) is 35.1 Å². The number of nitrogens with one attached hydrogen (secondary N) is 3. The maximum atomic E-state index is 15.1. The van der Waals surface area contributed by atoms with Crippen LogP contribution in [0.5, 0.6) is 0 Å². The van der Waals surface area contributed by atoms with Crippen LogP contribution in [-0.4, -0.2) is 41.7 Å². The van der Waals surface area contributed by atoms with Crippen LogP contribution in [0.4, 0.5) is 10.1 Å². The molecule has 170 valence electrons. The number of carbonyl (C=O) groups is 2. The molecule has 9 heteroatoms. The van der Waals surface area contributed by atoms with Crippen LogP contribution in [0, 0.1) is 5.82 Å². The summed E-state index contributed by atoms with van der Waals surface area (Å²) >= 11 is 12.2. The predicted octanol–water partition coefficient (Wildman–Crippen LogP) is 3.57. The topological polar surface area (TPSA) is 90.5 Å². The summed E-state index contributed by atoms with van der Waals surface area (Å²) in [6.07, 6.45) is 1.49. The Balaban J connectivity index is 1.70. The Labute approximate surface area is 195 Å². The molecule has 0 radical (unpaired) electrons. The normalized spacial score (nSPS) is 29.3. The monoisotopic (exact) mass is 479 g/mol. The number of aliphatic hydroxyl groups is 1. The minimum Gasteiger partial charge on any atom is -0.390 e. The number of hydrogen-bond donors (Lipinski definition) is 4. The molecule has 1 aliphatic heterocycles. The molecule has 2 aromatic rings. The van der Waals surface area contributed by atoms with Crippen LogP contribution < -0.4 is 16.0 Å². The van der Waals surface area contributed by atoms with Crippen molar-refractivity contribution in [1.29, 1.82) is 0 Å². The van der Waals surface area contributed by atoms with Gasteiger partial charge in [0.1, 0.15) is 5.82 Å². The van der Waals surface area contributed by atoms with Crippen molar-refractivity contribution in [2.75, 3.05) is 11.9 Å². The fourth-order valence-corrected chi connectivity index (χ4v) is 5.26. The van der Waals surface area contributed by atoms with Gasteiger partial charge in [0.05, 0.1) is 16.7 Å². The largest absolute Gasteiger partial charge is 0.390 e. The van der Waals surface area contributed by atoms with E-state index in [4.69, 9.17) is 23.2 Å². The fraction of sp³-hybridized carbons (Fsp3) is 0.391. The molecule has 1 saturated heterocycles. The van der Waals surface area contributed by atoms with Gasteiger partial charge >= 0.3 is 0 Å². The van der Waals surface area contributed by atoms with Gasteiger partial charge in [0.2, 0.25) is 12.3 Å². The Morgan fingerprint density at radius 2 is 2.00 bits per heavy atom. The van der Waals surface area contributed by atoms with Crippen LogP contribution in [0.1, 0.15) is 42.7 Å². The van der Waals surface area contributed by atoms with E-state index in [9.17, 15) is 14.7 Å². The molecule has 0 spiro atoms. The Kier molecular flexibility index (Phi) is 6.45. The van der Waals surface area contributed by atoms with E-state index in [1.54, 1.807) is 37.3 Å². The van der Waals surface area contributed by atoms with Crippen LogP contribution in [0.3, 0.4) is 0 Å². The van der Waals surface area contributed by atoms with Gasteiger partial charge in [0.15, 0.2) is 0 Å². The number of anilines is 1. The molecule has 2 aliphatic rings. The molecular weight excluding hydrogens is 456 g/mol. The van der Waals surface area contributed by atoms with Crippen LogP contribution in [-0.2, 0) is 9.59 Å². The molecule has 32 heavy (non-hydrogen) atoms. The van der Waals surface area contributed by atoms with Gasteiger partial charge in [-0.1, -0.05) is 41.4 Å². The highest BCUT2D eigenvalue weighted by molar-refractivity contribution is 6.31. The van der Waals surface area contributed by atoms with Crippen molar-refractivity contribution < 1.29 is 19.1 Å². The van der Waals surface area contributed by atoms with Crippen LogP contribution >= 0.6 is 23.2 Å². The SMILES string of the molecule is CC1(O)CC(NC(=O)[C@@H]2NCC(c3ccc(Cl)cc3NC=O)C2c2cccc(Cl)c2F)C1. The lowest BCUT2D eigenvalue weighted by Crippen LogP contribution is -2.56. The highest BCUT2D eigenvalue weighted by atomic mass is 35.5. The molecule has 1 heterocycles. The van der Waals surface area contributed by atoms with Gasteiger partial charge < -0.3 is 21.1 Å². The third-order valence-electron chi connectivity index (χ3n) is 6.32. The van der Waals surface area contributed by atoms with E-state index in [2.05, 4.69) is 16.0 Å². The Morgan fingerprint density at radius 3 is 2.69 bits per heavy atom. The standard InChI is InChI=1S/C23H24Cl2FN3O3/c1-23(32)8-13(9-23)29-22(31)21-19(15-3-2-4-17(25)20(15)26)16(10-27-21)14-6-5-12(24)7-18(14)28-11-30/h2-7,11,13,16,19,21,27,32H,8-10H2,1H3,(H,28,30)(H,29,31)/t13?,16?,19?,21-,23?/m1/s1. The van der Waals surface area contributed by atoms with Crippen molar-refractivity contribution >= 4 is 41.2 Å². The van der Waals surface area contributed by atoms with Crippen molar-refractivity contribution in [2.45, 2.75) is 49.3 Å². The number of benzene rings is 2. The van der Waals surface area contributed by atoms with E-state index in [0.29, 0.717) is 42.1 Å². The second-order valence-corrected chi connectivity index (χ2v) is 9.61. The minimum atomic E-state index is -0.777. The van der Waals surface area contributed by atoms with Crippen LogP contribution in [0.2, 0.25) is 10.0 Å². The summed E-state index contributed by atoms with van der Waals surface area (Å²) in [7, 11) is 0. The summed E-state index contributed by atoms with van der Waals surface area (Å²) in [4.78, 5) is 24.3. The molecule has 2 aromatic carbocycles. The average Bonchev–Trinajstić information content (AvgIpc) is 3.14. The summed E-state index contributed by atoms with van der Waals surface area (Å²) < 4.78 is 15.1. The zero-order chi connectivity index (χ0) is 23.0. The molecule has 4 rings (SSSR count). The molecule has 1 saturated carbocycles. The summed E-state index contributed by atoms with van der Waals surface area (Å²) in [5.74, 6) is -1.75. The average molecular weight is 480 g/mol. The lowest BCUT2D eigenvalue weighted by molar-refractivity contribution is -0.127. The van der Waals surface area contributed by atoms with Crippen LogP contribution in [0.25, 0.3) is 0 Å². The summed E-state index contributed by atoms with van der Waals surface area (Å²) in [6.45, 7) is 2.11. The van der Waals surface area contributed by atoms with E-state index in [1.165, 1.54) is 6.07 Å². The number of carbonyl (C=O) groups excluding carboxylic acids is 2. The van der Waals surface area contributed by atoms with E-state index < -0.39 is 23.4 Å². The first-order valence-corrected chi connectivity index (χ1v) is 11.2. The third kappa shape index (κ3) is 4.48. The summed E-state index contributed by atoms with van der Waals surface area (Å²) in [5, 5.41) is 19.2. The highest BCUT2D eigenvalue weighted by Crippen LogP contribution is 2.44. The highest BCUT2D eigenvalue weighted by Gasteiger charge is 2.46. The van der Waals surface area contributed by atoms with Crippen LogP contribution in [0.15, 0.2) is 36.4 Å². The van der Waals surface area contributed by atoms with Gasteiger partial charge in [-0.15, -0.1) is 0 Å². The zero-order valence-corrected chi connectivity index (χ0v) is 18.9. The van der Waals surface area contributed by atoms with E-state index in [0.717, 1.165) is 5.56 Å². The second kappa shape index (κ2) is 8.98. The Bertz CT molecular complexity index is 1040. The Morgan fingerprint density at radius 1 is 1.25 bits per heavy atom. The molecule has 6 nitrogen and oxygen atoms in total. The minimum absolute atomic E-state index is 0.0234. The molecule has 1 aliphatic carbocycles. The van der Waals surface area contributed by atoms with E-state index >= 15 is 4.39 Å². The number of amides is 2. The first kappa shape index (κ1) is 23.0. The zero-order valence-electron chi connectivity index (χ0n) is 17.4. The molecule has 2 amide bonds. The second-order valence-electron chi connectivity index (χ2n) is 8.77. The fourth-order valence-electron chi connectivity index (χ4n) is 4.91. The smallest absolute Gasteiger partial charge is 0.238 e. The van der Waals surface area contributed by atoms with Crippen molar-refractivity contribution in [2.24, 2.45) is 0 Å². The van der Waals surface area contributed by atoms with Gasteiger partial charge in [0.25, 0.3) is 0 Å². The first-order valence-electron chi connectivity index (χ1n) is 10.4. The van der Waals surface area contributed by atoms with Gasteiger partial charge in [-0.3, -0.25) is 9.59 Å². The van der Waals surface area contributed by atoms with Crippen molar-refractivity contribution in [3.05, 3.63) is 63.4 Å². The van der Waals surface area contributed by atoms with Gasteiger partial charge in [-0.05, 0) is 49.1 Å². The number of rotatable bonds is 6. The molecule has 2 fully saturated rings. The lowest BCUT2D eigenvalue weighted by atomic mass is 9.76. The van der Waals surface area contributed by atoms with E-state index in [1.807, 2.05) is 0 Å². The van der Waals surface area contributed by atoms with Gasteiger partial charge in [-0.2, -0.15) is 0 Å². The van der Waals surface area contributed by atoms with Crippen molar-refractivity contribution in [1.82, 2.24) is 10.6 Å². The molecule has 2 unspecified atom stereocenters. The molecule has 4 N–H and O–H groups in total. The van der Waals surface area contributed by atoms with E-state index in [-0.39, 0.29) is 22.9 Å².